The number of unbranched alkanes of at least 4 members (excludes halogenated alkanes) is 4. The molecule has 0 heterocycles. The van der Waals surface area contributed by atoms with E-state index in [4.69, 9.17) is 0 Å². The van der Waals surface area contributed by atoms with Gasteiger partial charge in [-0.1, -0.05) is 53.4 Å². The van der Waals surface area contributed by atoms with Crippen molar-refractivity contribution in [2.24, 2.45) is 5.92 Å². The van der Waals surface area contributed by atoms with Gasteiger partial charge in [-0.05, 0) is 25.4 Å². The van der Waals surface area contributed by atoms with Crippen molar-refractivity contribution in [3.63, 3.8) is 0 Å². The Balaban J connectivity index is 3.33. The zero-order chi connectivity index (χ0) is 10.8. The van der Waals surface area contributed by atoms with E-state index in [2.05, 4.69) is 32.6 Å². The van der Waals surface area contributed by atoms with E-state index in [0.717, 1.165) is 5.92 Å². The van der Waals surface area contributed by atoms with Gasteiger partial charge in [0.2, 0.25) is 0 Å². The monoisotopic (exact) mass is 199 g/mol. The van der Waals surface area contributed by atoms with Crippen LogP contribution in [0.15, 0.2) is 0 Å². The lowest BCUT2D eigenvalue weighted by molar-refractivity contribution is 0.250. The quantitative estimate of drug-likeness (QED) is 0.508. The molecule has 0 atom stereocenters. The average Bonchev–Trinajstić information content (AvgIpc) is 2.15. The van der Waals surface area contributed by atoms with Crippen LogP contribution in [0.5, 0.6) is 0 Å². The van der Waals surface area contributed by atoms with Crippen LogP contribution < -0.4 is 0 Å². The van der Waals surface area contributed by atoms with Crippen LogP contribution in [-0.2, 0) is 0 Å². The van der Waals surface area contributed by atoms with E-state index in [1.807, 2.05) is 0 Å². The fraction of sp³-hybridized carbons (Fsp3) is 1.00. The van der Waals surface area contributed by atoms with Gasteiger partial charge in [0, 0.05) is 6.54 Å². The third-order valence-corrected chi connectivity index (χ3v) is 2.65. The van der Waals surface area contributed by atoms with Gasteiger partial charge in [0.05, 0.1) is 0 Å². The van der Waals surface area contributed by atoms with E-state index < -0.39 is 0 Å². The molecule has 0 radical (unpaired) electrons. The number of hydrogen-bond donors (Lipinski definition) is 0. The summed E-state index contributed by atoms with van der Waals surface area (Å²) in [5.41, 5.74) is 0. The minimum absolute atomic E-state index is 0.811. The van der Waals surface area contributed by atoms with Crippen molar-refractivity contribution in [3.8, 4) is 0 Å². The van der Waals surface area contributed by atoms with Crippen LogP contribution >= 0.6 is 0 Å². The summed E-state index contributed by atoms with van der Waals surface area (Å²) in [6, 6.07) is 0. The van der Waals surface area contributed by atoms with E-state index in [0.29, 0.717) is 0 Å². The second-order valence-electron chi connectivity index (χ2n) is 4.70. The fourth-order valence-corrected chi connectivity index (χ4v) is 1.83. The van der Waals surface area contributed by atoms with Crippen molar-refractivity contribution < 1.29 is 0 Å². The van der Waals surface area contributed by atoms with Gasteiger partial charge in [-0.3, -0.25) is 0 Å². The summed E-state index contributed by atoms with van der Waals surface area (Å²) in [5, 5.41) is 0. The molecule has 0 saturated heterocycles. The first-order chi connectivity index (χ1) is 6.70. The van der Waals surface area contributed by atoms with Gasteiger partial charge in [-0.25, -0.2) is 0 Å². The average molecular weight is 199 g/mol. The Labute approximate surface area is 90.9 Å². The smallest absolute Gasteiger partial charge is 0.000427 e. The summed E-state index contributed by atoms with van der Waals surface area (Å²) >= 11 is 0. The Hall–Kier alpha value is -0.0400. The maximum atomic E-state index is 2.58. The Morgan fingerprint density at radius 1 is 0.929 bits per heavy atom. The third kappa shape index (κ3) is 8.55. The van der Waals surface area contributed by atoms with Gasteiger partial charge in [0.1, 0.15) is 0 Å². The molecule has 0 unspecified atom stereocenters. The summed E-state index contributed by atoms with van der Waals surface area (Å²) in [4.78, 5) is 2.58. The molecule has 0 spiro atoms. The molecule has 1 heteroatoms. The summed E-state index contributed by atoms with van der Waals surface area (Å²) in [6.45, 7) is 12.9. The van der Waals surface area contributed by atoms with Crippen molar-refractivity contribution in [1.82, 2.24) is 4.90 Å². The second kappa shape index (κ2) is 9.51. The van der Waals surface area contributed by atoms with Crippen LogP contribution in [0, 0.1) is 5.92 Å². The van der Waals surface area contributed by atoms with Crippen molar-refractivity contribution in [2.75, 3.05) is 19.6 Å². The van der Waals surface area contributed by atoms with Crippen LogP contribution in [-0.4, -0.2) is 24.5 Å². The summed E-state index contributed by atoms with van der Waals surface area (Å²) in [6.07, 6.45) is 7.00. The molecule has 86 valence electrons. The molecule has 0 fully saturated rings. The highest BCUT2D eigenvalue weighted by Gasteiger charge is 2.03. The van der Waals surface area contributed by atoms with Crippen molar-refractivity contribution in [3.05, 3.63) is 0 Å². The molecule has 0 aliphatic carbocycles. The molecular formula is C13H29N. The van der Waals surface area contributed by atoms with E-state index in [1.165, 1.54) is 51.7 Å². The standard InChI is InChI=1S/C13H29N/c1-5-7-8-9-10-11-14(6-2)12-13(3)4/h13H,5-12H2,1-4H3. The van der Waals surface area contributed by atoms with E-state index in [-0.39, 0.29) is 0 Å². The molecule has 0 saturated carbocycles. The topological polar surface area (TPSA) is 3.24 Å². The van der Waals surface area contributed by atoms with Crippen LogP contribution in [0.1, 0.15) is 59.8 Å². The molecule has 0 aliphatic rings. The molecule has 0 bridgehead atoms. The predicted molar refractivity (Wildman–Crippen MR) is 65.7 cm³/mol. The first kappa shape index (κ1) is 14.0. The van der Waals surface area contributed by atoms with Gasteiger partial charge < -0.3 is 4.90 Å². The lowest BCUT2D eigenvalue weighted by atomic mass is 10.1. The first-order valence-corrected chi connectivity index (χ1v) is 6.43. The molecule has 0 aromatic rings. The highest BCUT2D eigenvalue weighted by Crippen LogP contribution is 2.05. The lowest BCUT2D eigenvalue weighted by Gasteiger charge is -2.22. The van der Waals surface area contributed by atoms with Crippen LogP contribution in [0.3, 0.4) is 0 Å². The third-order valence-electron chi connectivity index (χ3n) is 2.65. The van der Waals surface area contributed by atoms with Crippen molar-refractivity contribution >= 4 is 0 Å². The molecule has 0 N–H and O–H groups in total. The number of hydrogen-bond acceptors (Lipinski definition) is 1. The van der Waals surface area contributed by atoms with Gasteiger partial charge in [0.25, 0.3) is 0 Å². The van der Waals surface area contributed by atoms with Crippen molar-refractivity contribution in [1.29, 1.82) is 0 Å². The second-order valence-corrected chi connectivity index (χ2v) is 4.70. The molecule has 14 heavy (non-hydrogen) atoms. The largest absolute Gasteiger partial charge is 0.303 e. The maximum Gasteiger partial charge on any atom is 0.000427 e. The van der Waals surface area contributed by atoms with Crippen LogP contribution in [0.2, 0.25) is 0 Å². The minimum atomic E-state index is 0.811. The number of nitrogens with zero attached hydrogens (tertiary/aromatic N) is 1. The molecule has 0 amide bonds. The molecule has 1 nitrogen and oxygen atoms in total. The van der Waals surface area contributed by atoms with Crippen molar-refractivity contribution in [2.45, 2.75) is 59.8 Å². The molecule has 0 aromatic carbocycles. The predicted octanol–water partition coefficient (Wildman–Crippen LogP) is 3.93. The van der Waals surface area contributed by atoms with Crippen LogP contribution in [0.25, 0.3) is 0 Å². The zero-order valence-electron chi connectivity index (χ0n) is 10.7. The minimum Gasteiger partial charge on any atom is -0.303 e. The summed E-state index contributed by atoms with van der Waals surface area (Å²) in [5.74, 6) is 0.811. The normalized spacial score (nSPS) is 11.6. The summed E-state index contributed by atoms with van der Waals surface area (Å²) < 4.78 is 0. The van der Waals surface area contributed by atoms with Gasteiger partial charge in [0.15, 0.2) is 0 Å². The molecule has 0 rings (SSSR count). The molecular weight excluding hydrogens is 170 g/mol. The maximum absolute atomic E-state index is 2.58. The van der Waals surface area contributed by atoms with Gasteiger partial charge in [-0.15, -0.1) is 0 Å². The Kier molecular flexibility index (Phi) is 9.49. The van der Waals surface area contributed by atoms with E-state index in [9.17, 15) is 0 Å². The van der Waals surface area contributed by atoms with Crippen LogP contribution in [0.4, 0.5) is 0 Å². The lowest BCUT2D eigenvalue weighted by Crippen LogP contribution is -2.28. The SMILES string of the molecule is CCCCCCCN(CC)CC(C)C. The van der Waals surface area contributed by atoms with E-state index >= 15 is 0 Å². The molecule has 0 aromatic heterocycles. The Bertz CT molecular complexity index is 110. The zero-order valence-corrected chi connectivity index (χ0v) is 10.7. The Morgan fingerprint density at radius 2 is 1.57 bits per heavy atom. The first-order valence-electron chi connectivity index (χ1n) is 6.43. The highest BCUT2D eigenvalue weighted by molar-refractivity contribution is 4.58. The Morgan fingerprint density at radius 3 is 2.07 bits per heavy atom. The number of rotatable bonds is 9. The molecule has 0 aliphatic heterocycles. The van der Waals surface area contributed by atoms with Gasteiger partial charge >= 0.3 is 0 Å². The highest BCUT2D eigenvalue weighted by atomic mass is 15.1. The fourth-order valence-electron chi connectivity index (χ4n) is 1.83. The van der Waals surface area contributed by atoms with E-state index in [1.54, 1.807) is 0 Å². The van der Waals surface area contributed by atoms with Gasteiger partial charge in [-0.2, -0.15) is 0 Å². The summed E-state index contributed by atoms with van der Waals surface area (Å²) in [7, 11) is 0.